The van der Waals surface area contributed by atoms with Crippen molar-refractivity contribution < 1.29 is 9.90 Å². The molecule has 6 heteroatoms. The van der Waals surface area contributed by atoms with Crippen LogP contribution in [-0.4, -0.2) is 34.1 Å². The Balaban J connectivity index is 2.34. The predicted octanol–water partition coefficient (Wildman–Crippen LogP) is 1.97. The molecule has 0 spiro atoms. The summed E-state index contributed by atoms with van der Waals surface area (Å²) in [5.74, 6) is 0.581. The second-order valence-corrected chi connectivity index (χ2v) is 3.99. The number of nitrogens with one attached hydrogen (secondary N) is 2. The van der Waals surface area contributed by atoms with Gasteiger partial charge in [0.15, 0.2) is 0 Å². The Hall–Kier alpha value is -1.85. The van der Waals surface area contributed by atoms with E-state index in [-0.39, 0.29) is 6.42 Å². The normalized spacial score (nSPS) is 10.1. The quantitative estimate of drug-likeness (QED) is 0.582. The first-order valence-electron chi connectivity index (χ1n) is 6.24. The highest BCUT2D eigenvalue weighted by atomic mass is 16.4. The second kappa shape index (κ2) is 8.27. The maximum absolute atomic E-state index is 10.4. The molecule has 0 saturated carbocycles. The van der Waals surface area contributed by atoms with Gasteiger partial charge in [-0.2, -0.15) is 0 Å². The fourth-order valence-electron chi connectivity index (χ4n) is 1.44. The molecule has 3 N–H and O–H groups in total. The van der Waals surface area contributed by atoms with E-state index in [4.69, 9.17) is 5.11 Å². The molecule has 0 aromatic carbocycles. The van der Waals surface area contributed by atoms with Crippen molar-refractivity contribution in [3.05, 3.63) is 12.4 Å². The molecule has 1 heterocycles. The molecule has 0 bridgehead atoms. The van der Waals surface area contributed by atoms with E-state index in [0.29, 0.717) is 12.4 Å². The number of carbonyl (C=O) groups is 1. The van der Waals surface area contributed by atoms with Gasteiger partial charge in [0.05, 0.1) is 6.42 Å². The van der Waals surface area contributed by atoms with Gasteiger partial charge in [-0.05, 0) is 6.42 Å². The summed E-state index contributed by atoms with van der Waals surface area (Å²) in [7, 11) is 0. The summed E-state index contributed by atoms with van der Waals surface area (Å²) in [5.41, 5.74) is 0. The maximum Gasteiger partial charge on any atom is 0.305 e. The van der Waals surface area contributed by atoms with Crippen LogP contribution in [0.1, 0.15) is 32.6 Å². The van der Waals surface area contributed by atoms with Crippen LogP contribution < -0.4 is 10.6 Å². The molecule has 0 aliphatic rings. The molecule has 0 unspecified atom stereocenters. The van der Waals surface area contributed by atoms with Crippen molar-refractivity contribution in [2.24, 2.45) is 0 Å². The van der Waals surface area contributed by atoms with Gasteiger partial charge in [0.25, 0.3) is 0 Å². The molecule has 1 rings (SSSR count). The van der Waals surface area contributed by atoms with Crippen LogP contribution in [-0.2, 0) is 4.79 Å². The molecular weight excluding hydrogens is 232 g/mol. The zero-order valence-corrected chi connectivity index (χ0v) is 10.6. The Bertz CT molecular complexity index is 371. The van der Waals surface area contributed by atoms with Crippen LogP contribution in [0.4, 0.5) is 11.6 Å². The Kier molecular flexibility index (Phi) is 6.53. The number of hydrogen-bond acceptors (Lipinski definition) is 5. The number of carboxylic acids is 1. The summed E-state index contributed by atoms with van der Waals surface area (Å²) in [5, 5.41) is 14.7. The lowest BCUT2D eigenvalue weighted by Gasteiger charge is -2.07. The zero-order valence-electron chi connectivity index (χ0n) is 10.6. The molecule has 0 atom stereocenters. The summed E-state index contributed by atoms with van der Waals surface area (Å²) < 4.78 is 0. The third-order valence-corrected chi connectivity index (χ3v) is 2.40. The van der Waals surface area contributed by atoms with Crippen molar-refractivity contribution in [1.29, 1.82) is 0 Å². The lowest BCUT2D eigenvalue weighted by atomic mass is 10.2. The van der Waals surface area contributed by atoms with Gasteiger partial charge in [-0.15, -0.1) is 0 Å². The number of aromatic nitrogens is 2. The first-order chi connectivity index (χ1) is 8.72. The van der Waals surface area contributed by atoms with Crippen LogP contribution in [0, 0.1) is 0 Å². The minimum Gasteiger partial charge on any atom is -0.481 e. The van der Waals surface area contributed by atoms with Crippen LogP contribution in [0.2, 0.25) is 0 Å². The van der Waals surface area contributed by atoms with Crippen molar-refractivity contribution in [3.8, 4) is 0 Å². The van der Waals surface area contributed by atoms with Crippen molar-refractivity contribution >= 4 is 17.6 Å². The largest absolute Gasteiger partial charge is 0.481 e. The van der Waals surface area contributed by atoms with Crippen LogP contribution in [0.25, 0.3) is 0 Å². The summed E-state index contributed by atoms with van der Waals surface area (Å²) in [6.07, 6.45) is 5.03. The summed E-state index contributed by atoms with van der Waals surface area (Å²) >= 11 is 0. The Morgan fingerprint density at radius 1 is 1.22 bits per heavy atom. The van der Waals surface area contributed by atoms with Crippen LogP contribution >= 0.6 is 0 Å². The van der Waals surface area contributed by atoms with Gasteiger partial charge in [0.1, 0.15) is 18.0 Å². The highest BCUT2D eigenvalue weighted by Crippen LogP contribution is 2.08. The fourth-order valence-corrected chi connectivity index (χ4v) is 1.44. The van der Waals surface area contributed by atoms with Gasteiger partial charge in [-0.3, -0.25) is 4.79 Å². The van der Waals surface area contributed by atoms with E-state index < -0.39 is 5.97 Å². The lowest BCUT2D eigenvalue weighted by molar-refractivity contribution is -0.136. The molecule has 1 aromatic rings. The van der Waals surface area contributed by atoms with E-state index in [1.54, 1.807) is 6.07 Å². The first kappa shape index (κ1) is 14.2. The van der Waals surface area contributed by atoms with Gasteiger partial charge < -0.3 is 15.7 Å². The molecule has 0 amide bonds. The number of aliphatic carboxylic acids is 1. The molecule has 0 radical (unpaired) electrons. The molecular formula is C12H20N4O2. The zero-order chi connectivity index (χ0) is 13.2. The fraction of sp³-hybridized carbons (Fsp3) is 0.583. The molecule has 6 nitrogen and oxygen atoms in total. The molecule has 18 heavy (non-hydrogen) atoms. The Morgan fingerprint density at radius 3 is 2.50 bits per heavy atom. The predicted molar refractivity (Wildman–Crippen MR) is 70.8 cm³/mol. The third kappa shape index (κ3) is 6.03. The first-order valence-corrected chi connectivity index (χ1v) is 6.24. The van der Waals surface area contributed by atoms with Gasteiger partial charge >= 0.3 is 5.97 Å². The van der Waals surface area contributed by atoms with Gasteiger partial charge in [-0.1, -0.05) is 19.8 Å². The summed E-state index contributed by atoms with van der Waals surface area (Å²) in [6, 6.07) is 1.79. The molecule has 0 fully saturated rings. The third-order valence-electron chi connectivity index (χ3n) is 2.40. The van der Waals surface area contributed by atoms with E-state index in [0.717, 1.165) is 18.8 Å². The Labute approximate surface area is 107 Å². The average Bonchev–Trinajstić information content (AvgIpc) is 2.35. The number of nitrogens with zero attached hydrogens (tertiary/aromatic N) is 2. The minimum absolute atomic E-state index is 0.0727. The molecule has 0 saturated heterocycles. The van der Waals surface area contributed by atoms with Crippen LogP contribution in [0.5, 0.6) is 0 Å². The van der Waals surface area contributed by atoms with Gasteiger partial charge in [-0.25, -0.2) is 9.97 Å². The molecule has 1 aromatic heterocycles. The van der Waals surface area contributed by atoms with E-state index in [9.17, 15) is 4.79 Å². The van der Waals surface area contributed by atoms with E-state index in [1.165, 1.54) is 19.2 Å². The molecule has 100 valence electrons. The number of hydrogen-bond donors (Lipinski definition) is 3. The topological polar surface area (TPSA) is 87.1 Å². The van der Waals surface area contributed by atoms with E-state index >= 15 is 0 Å². The van der Waals surface area contributed by atoms with Crippen molar-refractivity contribution in [2.75, 3.05) is 23.7 Å². The average molecular weight is 252 g/mol. The number of unbranched alkanes of at least 4 members (excludes halogenated alkanes) is 2. The second-order valence-electron chi connectivity index (χ2n) is 3.99. The Morgan fingerprint density at radius 2 is 1.89 bits per heavy atom. The lowest BCUT2D eigenvalue weighted by Crippen LogP contribution is -2.10. The highest BCUT2D eigenvalue weighted by molar-refractivity contribution is 5.67. The number of rotatable bonds is 9. The van der Waals surface area contributed by atoms with Crippen LogP contribution in [0.15, 0.2) is 12.4 Å². The SMILES string of the molecule is CCCCCNc1cc(NCCC(=O)O)ncn1. The summed E-state index contributed by atoms with van der Waals surface area (Å²) in [4.78, 5) is 18.5. The van der Waals surface area contributed by atoms with Gasteiger partial charge in [0, 0.05) is 19.2 Å². The molecule has 0 aliphatic heterocycles. The number of carboxylic acid groups (broad SMARTS) is 1. The van der Waals surface area contributed by atoms with Crippen molar-refractivity contribution in [1.82, 2.24) is 9.97 Å². The monoisotopic (exact) mass is 252 g/mol. The van der Waals surface area contributed by atoms with Crippen molar-refractivity contribution in [3.63, 3.8) is 0 Å². The standard InChI is InChI=1S/C12H20N4O2/c1-2-3-4-6-13-10-8-11(16-9-15-10)14-7-5-12(17)18/h8-9H,2-7H2,1H3,(H,17,18)(H2,13,14,15,16). The van der Waals surface area contributed by atoms with E-state index in [1.807, 2.05) is 0 Å². The van der Waals surface area contributed by atoms with Gasteiger partial charge in [0.2, 0.25) is 0 Å². The van der Waals surface area contributed by atoms with Crippen molar-refractivity contribution in [2.45, 2.75) is 32.6 Å². The highest BCUT2D eigenvalue weighted by Gasteiger charge is 2.00. The molecule has 0 aliphatic carbocycles. The number of anilines is 2. The maximum atomic E-state index is 10.4. The summed E-state index contributed by atoms with van der Waals surface area (Å²) in [6.45, 7) is 3.41. The van der Waals surface area contributed by atoms with Crippen LogP contribution in [0.3, 0.4) is 0 Å². The smallest absolute Gasteiger partial charge is 0.305 e. The minimum atomic E-state index is -0.825. The van der Waals surface area contributed by atoms with E-state index in [2.05, 4.69) is 27.5 Å².